The smallest absolute Gasteiger partial charge is 0.317 e. The minimum absolute atomic E-state index is 0.137. The predicted octanol–water partition coefficient (Wildman–Crippen LogP) is 3.98. The van der Waals surface area contributed by atoms with Gasteiger partial charge in [0.05, 0.1) is 6.61 Å². The molecule has 0 saturated heterocycles. The number of hydrogen-bond donors (Lipinski definition) is 0. The lowest BCUT2D eigenvalue weighted by Crippen LogP contribution is -2.29. The number of ketones is 2. The van der Waals surface area contributed by atoms with E-state index in [2.05, 4.69) is 0 Å². The largest absolute Gasteiger partial charge is 0.465 e. The van der Waals surface area contributed by atoms with Gasteiger partial charge < -0.3 is 4.74 Å². The molecule has 0 saturated carbocycles. The molecule has 4 nitrogen and oxygen atoms in total. The van der Waals surface area contributed by atoms with Gasteiger partial charge in [-0.3, -0.25) is 14.4 Å². The molecule has 0 spiro atoms. The number of Topliss-reactive ketones (excluding diaryl/α,β-unsaturated/α-hetero) is 2. The normalized spacial score (nSPS) is 11.6. The fourth-order valence-corrected chi connectivity index (χ4v) is 2.49. The van der Waals surface area contributed by atoms with Crippen molar-refractivity contribution in [2.24, 2.45) is 5.92 Å². The molecule has 0 heterocycles. The maximum Gasteiger partial charge on any atom is 0.317 e. The van der Waals surface area contributed by atoms with Crippen LogP contribution in [0.25, 0.3) is 0 Å². The highest BCUT2D eigenvalue weighted by Gasteiger charge is 2.31. The fraction of sp³-hybridized carbons (Fsp3) is 0.211. The quantitative estimate of drug-likeness (QED) is 0.433. The number of esters is 1. The van der Waals surface area contributed by atoms with Gasteiger partial charge in [0, 0.05) is 22.6 Å². The summed E-state index contributed by atoms with van der Waals surface area (Å²) in [5.74, 6) is -2.65. The lowest BCUT2D eigenvalue weighted by atomic mass is 9.91. The standard InChI is InChI=1S/C19H17ClO4/c1-2-24-19(23)16(12-17(21)13-7-4-3-5-8-13)18(22)14-9-6-10-15(20)11-14/h3-11,16H,2,12H2,1H3. The van der Waals surface area contributed by atoms with Crippen LogP contribution in [-0.4, -0.2) is 24.1 Å². The summed E-state index contributed by atoms with van der Waals surface area (Å²) < 4.78 is 4.97. The number of rotatable bonds is 7. The highest BCUT2D eigenvalue weighted by atomic mass is 35.5. The molecule has 2 aromatic carbocycles. The van der Waals surface area contributed by atoms with Gasteiger partial charge in [0.1, 0.15) is 5.92 Å². The van der Waals surface area contributed by atoms with Gasteiger partial charge in [-0.2, -0.15) is 0 Å². The first-order valence-corrected chi connectivity index (χ1v) is 7.95. The second-order valence-corrected chi connectivity index (χ2v) is 5.61. The van der Waals surface area contributed by atoms with Gasteiger partial charge in [-0.05, 0) is 19.1 Å². The van der Waals surface area contributed by atoms with Gasteiger partial charge in [-0.25, -0.2) is 0 Å². The third-order valence-electron chi connectivity index (χ3n) is 3.48. The highest BCUT2D eigenvalue weighted by Crippen LogP contribution is 2.20. The molecule has 2 aromatic rings. The Labute approximate surface area is 145 Å². The van der Waals surface area contributed by atoms with Gasteiger partial charge in [-0.1, -0.05) is 54.1 Å². The molecule has 24 heavy (non-hydrogen) atoms. The zero-order valence-electron chi connectivity index (χ0n) is 13.2. The lowest BCUT2D eigenvalue weighted by Gasteiger charge is -2.14. The number of hydrogen-bond acceptors (Lipinski definition) is 4. The maximum atomic E-state index is 12.7. The Morgan fingerprint density at radius 3 is 2.29 bits per heavy atom. The van der Waals surface area contributed by atoms with E-state index in [1.165, 1.54) is 6.07 Å². The van der Waals surface area contributed by atoms with E-state index >= 15 is 0 Å². The molecule has 1 atom stereocenters. The van der Waals surface area contributed by atoms with Crippen molar-refractivity contribution in [1.29, 1.82) is 0 Å². The third-order valence-corrected chi connectivity index (χ3v) is 3.72. The molecular weight excluding hydrogens is 328 g/mol. The molecule has 0 amide bonds. The summed E-state index contributed by atoms with van der Waals surface area (Å²) in [7, 11) is 0. The minimum atomic E-state index is -1.18. The van der Waals surface area contributed by atoms with Crippen LogP contribution in [0, 0.1) is 5.92 Å². The summed E-state index contributed by atoms with van der Waals surface area (Å²) >= 11 is 5.90. The van der Waals surface area contributed by atoms with E-state index in [9.17, 15) is 14.4 Å². The number of carbonyl (C=O) groups is 3. The summed E-state index contributed by atoms with van der Waals surface area (Å²) in [5, 5.41) is 0.387. The first-order chi connectivity index (χ1) is 11.5. The SMILES string of the molecule is CCOC(=O)C(CC(=O)c1ccccc1)C(=O)c1cccc(Cl)c1. The molecule has 0 radical (unpaired) electrons. The zero-order valence-corrected chi connectivity index (χ0v) is 14.0. The molecule has 0 aliphatic rings. The molecular formula is C19H17ClO4. The molecule has 0 fully saturated rings. The van der Waals surface area contributed by atoms with Crippen molar-refractivity contribution in [1.82, 2.24) is 0 Å². The van der Waals surface area contributed by atoms with Crippen LogP contribution in [0.5, 0.6) is 0 Å². The van der Waals surface area contributed by atoms with E-state index in [-0.39, 0.29) is 24.4 Å². The van der Waals surface area contributed by atoms with Crippen LogP contribution in [0.3, 0.4) is 0 Å². The predicted molar refractivity (Wildman–Crippen MR) is 91.3 cm³/mol. The molecule has 0 aliphatic heterocycles. The van der Waals surface area contributed by atoms with Crippen molar-refractivity contribution >= 4 is 29.1 Å². The van der Waals surface area contributed by atoms with E-state index in [1.54, 1.807) is 55.5 Å². The number of ether oxygens (including phenoxy) is 1. The van der Waals surface area contributed by atoms with Crippen LogP contribution in [0.2, 0.25) is 5.02 Å². The van der Waals surface area contributed by atoms with Crippen LogP contribution in [0.4, 0.5) is 0 Å². The summed E-state index contributed by atoms with van der Waals surface area (Å²) in [4.78, 5) is 37.2. The second-order valence-electron chi connectivity index (χ2n) is 5.17. The van der Waals surface area contributed by atoms with E-state index < -0.39 is 17.7 Å². The van der Waals surface area contributed by atoms with Crippen LogP contribution in [-0.2, 0) is 9.53 Å². The van der Waals surface area contributed by atoms with Crippen molar-refractivity contribution in [2.45, 2.75) is 13.3 Å². The average Bonchev–Trinajstić information content (AvgIpc) is 2.59. The van der Waals surface area contributed by atoms with Crippen LogP contribution in [0.1, 0.15) is 34.1 Å². The third kappa shape index (κ3) is 4.52. The maximum absolute atomic E-state index is 12.7. The zero-order chi connectivity index (χ0) is 17.5. The molecule has 5 heteroatoms. The van der Waals surface area contributed by atoms with Gasteiger partial charge in [-0.15, -0.1) is 0 Å². The van der Waals surface area contributed by atoms with E-state index in [1.807, 2.05) is 0 Å². The van der Waals surface area contributed by atoms with Gasteiger partial charge in [0.25, 0.3) is 0 Å². The molecule has 124 valence electrons. The Kier molecular flexibility index (Phi) is 6.27. The Hall–Kier alpha value is -2.46. The van der Waals surface area contributed by atoms with Gasteiger partial charge in [0.2, 0.25) is 0 Å². The number of benzene rings is 2. The molecule has 0 bridgehead atoms. The summed E-state index contributed by atoms with van der Waals surface area (Å²) in [6.07, 6.45) is -0.242. The molecule has 0 N–H and O–H groups in total. The van der Waals surface area contributed by atoms with Crippen LogP contribution in [0.15, 0.2) is 54.6 Å². The first kappa shape index (κ1) is 17.9. The molecule has 2 rings (SSSR count). The number of halogens is 1. The molecule has 0 aromatic heterocycles. The molecule has 0 aliphatic carbocycles. The summed E-state index contributed by atoms with van der Waals surface area (Å²) in [5.41, 5.74) is 0.729. The van der Waals surface area contributed by atoms with Crippen molar-refractivity contribution in [3.8, 4) is 0 Å². The lowest BCUT2D eigenvalue weighted by molar-refractivity contribution is -0.146. The van der Waals surface area contributed by atoms with E-state index in [0.717, 1.165) is 0 Å². The van der Waals surface area contributed by atoms with Gasteiger partial charge >= 0.3 is 5.97 Å². The van der Waals surface area contributed by atoms with Crippen molar-refractivity contribution in [3.63, 3.8) is 0 Å². The van der Waals surface area contributed by atoms with Crippen molar-refractivity contribution in [3.05, 3.63) is 70.7 Å². The summed E-state index contributed by atoms with van der Waals surface area (Å²) in [6, 6.07) is 14.8. The monoisotopic (exact) mass is 344 g/mol. The Balaban J connectivity index is 2.26. The van der Waals surface area contributed by atoms with E-state index in [0.29, 0.717) is 10.6 Å². The first-order valence-electron chi connectivity index (χ1n) is 7.57. The number of carbonyl (C=O) groups excluding carboxylic acids is 3. The fourth-order valence-electron chi connectivity index (χ4n) is 2.30. The van der Waals surface area contributed by atoms with Crippen molar-refractivity contribution in [2.75, 3.05) is 6.61 Å². The second kappa shape index (κ2) is 8.41. The van der Waals surface area contributed by atoms with Crippen molar-refractivity contribution < 1.29 is 19.1 Å². The Morgan fingerprint density at radius 2 is 1.67 bits per heavy atom. The molecule has 1 unspecified atom stereocenters. The van der Waals surface area contributed by atoms with Crippen LogP contribution < -0.4 is 0 Å². The van der Waals surface area contributed by atoms with Gasteiger partial charge in [0.15, 0.2) is 11.6 Å². The minimum Gasteiger partial charge on any atom is -0.465 e. The topological polar surface area (TPSA) is 60.4 Å². The Bertz CT molecular complexity index is 740. The highest BCUT2D eigenvalue weighted by molar-refractivity contribution is 6.31. The average molecular weight is 345 g/mol. The van der Waals surface area contributed by atoms with E-state index in [4.69, 9.17) is 16.3 Å². The van der Waals surface area contributed by atoms with Crippen LogP contribution >= 0.6 is 11.6 Å². The Morgan fingerprint density at radius 1 is 1.00 bits per heavy atom. The summed E-state index contributed by atoms with van der Waals surface area (Å²) in [6.45, 7) is 1.79.